The molecule has 12 nitrogen and oxygen atoms in total. The predicted octanol–water partition coefficient (Wildman–Crippen LogP) is -7.13. The van der Waals surface area contributed by atoms with Gasteiger partial charge in [-0.2, -0.15) is 5.11 Å². The van der Waals surface area contributed by atoms with Gasteiger partial charge < -0.3 is 19.4 Å². The van der Waals surface area contributed by atoms with Crippen LogP contribution < -0.4 is 94.4 Å². The Morgan fingerprint density at radius 3 is 1.71 bits per heavy atom. The molecule has 0 radical (unpaired) electrons. The van der Waals surface area contributed by atoms with E-state index in [1.807, 2.05) is 0 Å². The molecule has 0 spiro atoms. The Bertz CT molecular complexity index is 1630. The number of aryl methyl sites for hydroxylation is 1. The van der Waals surface area contributed by atoms with E-state index in [0.29, 0.717) is 29.4 Å². The van der Waals surface area contributed by atoms with Crippen molar-refractivity contribution in [2.75, 3.05) is 5.73 Å². The number of hydrogen-bond acceptors (Lipinski definition) is 12. The molecule has 0 atom stereocenters. The Balaban J connectivity index is 0.00000385. The van der Waals surface area contributed by atoms with Gasteiger partial charge in [-0.1, -0.05) is 0 Å². The van der Waals surface area contributed by atoms with Gasteiger partial charge in [-0.15, -0.1) is 5.11 Å². The van der Waals surface area contributed by atoms with Crippen LogP contribution in [0.4, 0.5) is 17.1 Å². The van der Waals surface area contributed by atoms with E-state index in [1.54, 1.807) is 13.0 Å². The Morgan fingerprint density at radius 2 is 1.23 bits per heavy atom. The monoisotopic (exact) mass is 567 g/mol. The fraction of sp³-hybridized carbons (Fsp3) is 0.0588. The summed E-state index contributed by atoms with van der Waals surface area (Å²) in [7, 11) is -15.8. The minimum Gasteiger partial charge on any atom is -0.744 e. The molecule has 3 aromatic rings. The van der Waals surface area contributed by atoms with E-state index in [-0.39, 0.29) is 94.4 Å². The topological polar surface area (TPSA) is 222 Å². The van der Waals surface area contributed by atoms with Crippen molar-refractivity contribution in [1.82, 2.24) is 0 Å². The number of fused-ring (bicyclic) bond motifs is 1. The molecule has 3 rings (SSSR count). The molecular formula is C17H12N3Na3O9S3. The van der Waals surface area contributed by atoms with E-state index in [0.717, 1.165) is 6.07 Å². The van der Waals surface area contributed by atoms with Crippen LogP contribution in [0.5, 0.6) is 0 Å². The first-order chi connectivity index (χ1) is 14.6. The number of rotatable bonds is 5. The second-order valence-electron chi connectivity index (χ2n) is 6.57. The second kappa shape index (κ2) is 12.7. The number of benzene rings is 3. The van der Waals surface area contributed by atoms with Gasteiger partial charge in [0.1, 0.15) is 36.0 Å². The van der Waals surface area contributed by atoms with Crippen LogP contribution in [0.1, 0.15) is 5.56 Å². The largest absolute Gasteiger partial charge is 1.00 e. The zero-order valence-corrected chi connectivity index (χ0v) is 27.4. The minimum absolute atomic E-state index is 0. The number of hydrogen-bond donors (Lipinski definition) is 1. The molecule has 0 unspecified atom stereocenters. The molecule has 0 aliphatic heterocycles. The third kappa shape index (κ3) is 8.53. The molecule has 0 fully saturated rings. The zero-order valence-electron chi connectivity index (χ0n) is 18.9. The molecule has 0 heterocycles. The van der Waals surface area contributed by atoms with Gasteiger partial charge in [-0.25, -0.2) is 25.3 Å². The van der Waals surface area contributed by atoms with Gasteiger partial charge in [0, 0.05) is 11.1 Å². The summed E-state index contributed by atoms with van der Waals surface area (Å²) in [5, 5.41) is 6.63. The fourth-order valence-corrected chi connectivity index (χ4v) is 4.80. The molecule has 0 saturated heterocycles. The first-order valence-electron chi connectivity index (χ1n) is 8.35. The average molecular weight is 567 g/mol. The van der Waals surface area contributed by atoms with E-state index in [2.05, 4.69) is 10.2 Å². The smallest absolute Gasteiger partial charge is 0.744 e. The SMILES string of the molecule is Cc1cc(N)ccc1N=Nc1cc2c(S(=O)(=O)[O-])cc(S(=O)(=O)[O-])cc2cc1S(=O)(=O)[O-].[Na+].[Na+].[Na+]. The van der Waals surface area contributed by atoms with Gasteiger partial charge in [0.25, 0.3) is 0 Å². The Labute approximate surface area is 267 Å². The maximum Gasteiger partial charge on any atom is 1.00 e. The standard InChI is InChI=1S/C17H15N3O9S3.3Na/c1-9-4-11(18)2-3-14(9)19-20-15-8-13-10(6-17(15)32(27,28)29)5-12(30(21,22)23)7-16(13)31(24,25)26;;;/h2-8H,18H2,1H3,(H,21,22,23)(H,24,25,26)(H,27,28,29);;;/q;3*+1/p-3. The second-order valence-corrected chi connectivity index (χ2v) is 10.6. The molecule has 0 saturated carbocycles. The normalized spacial score (nSPS) is 12.0. The Morgan fingerprint density at radius 1 is 0.686 bits per heavy atom. The molecule has 0 amide bonds. The molecule has 3 aromatic carbocycles. The molecule has 0 aliphatic carbocycles. The molecule has 0 aliphatic rings. The maximum atomic E-state index is 11.8. The fourth-order valence-electron chi connectivity index (χ4n) is 2.85. The maximum absolute atomic E-state index is 11.8. The average Bonchev–Trinajstić information content (AvgIpc) is 2.63. The van der Waals surface area contributed by atoms with Gasteiger partial charge in [0.15, 0.2) is 0 Å². The summed E-state index contributed by atoms with van der Waals surface area (Å²) in [5.41, 5.74) is 6.25. The van der Waals surface area contributed by atoms with Crippen molar-refractivity contribution < 1.29 is 128 Å². The van der Waals surface area contributed by atoms with Crippen molar-refractivity contribution in [2.45, 2.75) is 21.6 Å². The van der Waals surface area contributed by atoms with Crippen molar-refractivity contribution in [3.8, 4) is 0 Å². The van der Waals surface area contributed by atoms with Gasteiger partial charge in [0.05, 0.1) is 20.4 Å². The number of nitrogens with zero attached hydrogens (tertiary/aromatic N) is 2. The van der Waals surface area contributed by atoms with E-state index in [4.69, 9.17) is 5.73 Å². The summed E-state index contributed by atoms with van der Waals surface area (Å²) in [4.78, 5) is -3.18. The van der Waals surface area contributed by atoms with Crippen molar-refractivity contribution in [1.29, 1.82) is 0 Å². The van der Waals surface area contributed by atoms with Crippen molar-refractivity contribution in [3.05, 3.63) is 48.0 Å². The minimum atomic E-state index is -5.32. The quantitative estimate of drug-likeness (QED) is 0.133. The Hall–Kier alpha value is 0.0500. The summed E-state index contributed by atoms with van der Waals surface area (Å²) in [6.45, 7) is 1.63. The first kappa shape index (κ1) is 35.0. The molecule has 35 heavy (non-hydrogen) atoms. The Kier molecular flexibility index (Phi) is 12.7. The number of anilines is 1. The molecule has 2 N–H and O–H groups in total. The van der Waals surface area contributed by atoms with Crippen LogP contribution in [0.25, 0.3) is 10.8 Å². The number of nitrogen functional groups attached to an aromatic ring is 1. The first-order valence-corrected chi connectivity index (χ1v) is 12.6. The number of nitrogens with two attached hydrogens (primary N) is 1. The third-order valence-electron chi connectivity index (χ3n) is 4.28. The van der Waals surface area contributed by atoms with Gasteiger partial charge in [0.2, 0.25) is 0 Å². The molecule has 0 aromatic heterocycles. The predicted molar refractivity (Wildman–Crippen MR) is 108 cm³/mol. The van der Waals surface area contributed by atoms with E-state index in [9.17, 15) is 38.9 Å². The van der Waals surface area contributed by atoms with E-state index < -0.39 is 61.5 Å². The van der Waals surface area contributed by atoms with E-state index >= 15 is 0 Å². The van der Waals surface area contributed by atoms with Gasteiger partial charge in [-0.05, 0) is 60.3 Å². The molecular weight excluding hydrogens is 555 g/mol. The molecule has 0 bridgehead atoms. The summed E-state index contributed by atoms with van der Waals surface area (Å²) in [6, 6.07) is 6.88. The van der Waals surface area contributed by atoms with Crippen LogP contribution in [0.2, 0.25) is 0 Å². The zero-order chi connectivity index (χ0) is 24.1. The van der Waals surface area contributed by atoms with Crippen LogP contribution >= 0.6 is 0 Å². The van der Waals surface area contributed by atoms with E-state index in [1.165, 1.54) is 12.1 Å². The van der Waals surface area contributed by atoms with Crippen LogP contribution in [0.15, 0.2) is 67.4 Å². The molecule has 18 heteroatoms. The summed E-state index contributed by atoms with van der Waals surface area (Å²) in [6.07, 6.45) is 0. The van der Waals surface area contributed by atoms with Crippen molar-refractivity contribution in [2.24, 2.45) is 10.2 Å². The summed E-state index contributed by atoms with van der Waals surface area (Å²) >= 11 is 0. The van der Waals surface area contributed by atoms with Crippen molar-refractivity contribution in [3.63, 3.8) is 0 Å². The summed E-state index contributed by atoms with van der Waals surface area (Å²) in [5.74, 6) is 0. The third-order valence-corrected chi connectivity index (χ3v) is 6.84. The van der Waals surface area contributed by atoms with Crippen LogP contribution in [-0.2, 0) is 30.4 Å². The summed E-state index contributed by atoms with van der Waals surface area (Å²) < 4.78 is 104. The van der Waals surface area contributed by atoms with Crippen LogP contribution in [0.3, 0.4) is 0 Å². The number of azo groups is 1. The molecule has 170 valence electrons. The van der Waals surface area contributed by atoms with Crippen LogP contribution in [0, 0.1) is 6.92 Å². The van der Waals surface area contributed by atoms with Gasteiger partial charge >= 0.3 is 88.7 Å². The van der Waals surface area contributed by atoms with Crippen LogP contribution in [-0.4, -0.2) is 38.9 Å². The van der Waals surface area contributed by atoms with Crippen molar-refractivity contribution >= 4 is 58.2 Å². The van der Waals surface area contributed by atoms with Gasteiger partial charge in [-0.3, -0.25) is 0 Å².